The van der Waals surface area contributed by atoms with Gasteiger partial charge in [0.25, 0.3) is 0 Å². The Bertz CT molecular complexity index is 593. The van der Waals surface area contributed by atoms with Gasteiger partial charge in [0.2, 0.25) is 0 Å². The second-order valence-corrected chi connectivity index (χ2v) is 4.22. The summed E-state index contributed by atoms with van der Waals surface area (Å²) < 4.78 is 0. The Morgan fingerprint density at radius 3 is 2.69 bits per heavy atom. The van der Waals surface area contributed by atoms with Gasteiger partial charge in [0, 0.05) is 16.3 Å². The molecule has 0 radical (unpaired) electrons. The molecule has 16 heavy (non-hydrogen) atoms. The molecule has 0 unspecified atom stereocenters. The van der Waals surface area contributed by atoms with Gasteiger partial charge in [0.05, 0.1) is 10.7 Å². The van der Waals surface area contributed by atoms with Gasteiger partial charge in [-0.3, -0.25) is 0 Å². The third-order valence-corrected chi connectivity index (χ3v) is 2.65. The monoisotopic (exact) mass is 254 g/mol. The van der Waals surface area contributed by atoms with Crippen LogP contribution in [0.15, 0.2) is 29.1 Å². The number of aryl methyl sites for hydroxylation is 1. The topological polar surface area (TPSA) is 45.8 Å². The summed E-state index contributed by atoms with van der Waals surface area (Å²) in [7, 11) is 0. The molecule has 82 valence electrons. The summed E-state index contributed by atoms with van der Waals surface area (Å²) >= 11 is 11.9. The van der Waals surface area contributed by atoms with Gasteiger partial charge in [-0.15, -0.1) is 0 Å². The molecule has 2 rings (SSSR count). The Balaban J connectivity index is 2.66. The smallest absolute Gasteiger partial charge is 0.310 e. The van der Waals surface area contributed by atoms with Crippen LogP contribution < -0.4 is 5.69 Å². The summed E-state index contributed by atoms with van der Waals surface area (Å²) in [5.41, 5.74) is 1.51. The first-order valence-electron chi connectivity index (χ1n) is 4.59. The minimum Gasteiger partial charge on any atom is -0.310 e. The molecule has 5 heteroatoms. The number of nitrogens with zero attached hydrogens (tertiary/aromatic N) is 1. The molecule has 0 saturated heterocycles. The highest BCUT2D eigenvalue weighted by Crippen LogP contribution is 2.28. The first-order chi connectivity index (χ1) is 7.56. The fraction of sp³-hybridized carbons (Fsp3) is 0.0909. The first kappa shape index (κ1) is 11.2. The van der Waals surface area contributed by atoms with Gasteiger partial charge in [0.15, 0.2) is 0 Å². The SMILES string of the molecule is Cc1cc(-c2cc(Cl)ccc2Cl)nc(=O)[nH]1. The molecule has 2 aromatic rings. The van der Waals surface area contributed by atoms with Crippen molar-refractivity contribution in [3.63, 3.8) is 0 Å². The highest BCUT2D eigenvalue weighted by molar-refractivity contribution is 6.35. The van der Waals surface area contributed by atoms with Crippen LogP contribution in [-0.4, -0.2) is 9.97 Å². The van der Waals surface area contributed by atoms with E-state index in [9.17, 15) is 4.79 Å². The minimum atomic E-state index is -0.397. The summed E-state index contributed by atoms with van der Waals surface area (Å²) in [6.45, 7) is 1.78. The molecule has 1 aromatic carbocycles. The molecule has 0 bridgehead atoms. The number of halogens is 2. The largest absolute Gasteiger partial charge is 0.345 e. The van der Waals surface area contributed by atoms with Crippen molar-refractivity contribution in [2.45, 2.75) is 6.92 Å². The van der Waals surface area contributed by atoms with E-state index >= 15 is 0 Å². The summed E-state index contributed by atoms with van der Waals surface area (Å²) in [4.78, 5) is 17.7. The van der Waals surface area contributed by atoms with Gasteiger partial charge < -0.3 is 4.98 Å². The number of H-pyrrole nitrogens is 1. The molecule has 0 aliphatic rings. The minimum absolute atomic E-state index is 0.397. The second-order valence-electron chi connectivity index (χ2n) is 3.38. The lowest BCUT2D eigenvalue weighted by Crippen LogP contribution is -2.12. The third kappa shape index (κ3) is 2.26. The van der Waals surface area contributed by atoms with E-state index in [0.29, 0.717) is 21.3 Å². The zero-order chi connectivity index (χ0) is 11.7. The molecule has 1 N–H and O–H groups in total. The van der Waals surface area contributed by atoms with E-state index in [0.717, 1.165) is 5.69 Å². The lowest BCUT2D eigenvalue weighted by Gasteiger charge is -2.04. The second kappa shape index (κ2) is 4.28. The highest BCUT2D eigenvalue weighted by atomic mass is 35.5. The molecule has 0 spiro atoms. The molecule has 0 saturated carbocycles. The molecule has 0 fully saturated rings. The standard InChI is InChI=1S/C11H8Cl2N2O/c1-6-4-10(15-11(16)14-6)8-5-7(12)2-3-9(8)13/h2-5H,1H3,(H,14,15,16). The fourth-order valence-corrected chi connectivity index (χ4v) is 1.80. The van der Waals surface area contributed by atoms with Crippen LogP contribution in [0.25, 0.3) is 11.3 Å². The maximum absolute atomic E-state index is 11.2. The Kier molecular flexibility index (Phi) is 2.99. The number of aromatic amines is 1. The van der Waals surface area contributed by atoms with E-state index in [2.05, 4.69) is 9.97 Å². The lowest BCUT2D eigenvalue weighted by atomic mass is 10.1. The van der Waals surface area contributed by atoms with Crippen LogP contribution in [0.3, 0.4) is 0 Å². The van der Waals surface area contributed by atoms with Gasteiger partial charge in [-0.1, -0.05) is 23.2 Å². The normalized spacial score (nSPS) is 10.4. The van der Waals surface area contributed by atoms with Gasteiger partial charge in [-0.25, -0.2) is 4.79 Å². The third-order valence-electron chi connectivity index (χ3n) is 2.08. The number of rotatable bonds is 1. The van der Waals surface area contributed by atoms with Crippen molar-refractivity contribution in [2.75, 3.05) is 0 Å². The van der Waals surface area contributed by atoms with Crippen molar-refractivity contribution >= 4 is 23.2 Å². The Labute approximate surface area is 102 Å². The van der Waals surface area contributed by atoms with E-state index < -0.39 is 5.69 Å². The van der Waals surface area contributed by atoms with Crippen molar-refractivity contribution in [3.05, 3.63) is 50.5 Å². The maximum Gasteiger partial charge on any atom is 0.345 e. The summed E-state index contributed by atoms with van der Waals surface area (Å²) in [5.74, 6) is 0. The van der Waals surface area contributed by atoms with Crippen LogP contribution in [0, 0.1) is 6.92 Å². The van der Waals surface area contributed by atoms with Crippen LogP contribution in [-0.2, 0) is 0 Å². The zero-order valence-electron chi connectivity index (χ0n) is 8.42. The molecule has 3 nitrogen and oxygen atoms in total. The van der Waals surface area contributed by atoms with Crippen LogP contribution in [0.4, 0.5) is 0 Å². The van der Waals surface area contributed by atoms with Gasteiger partial charge in [-0.05, 0) is 31.2 Å². The van der Waals surface area contributed by atoms with Crippen molar-refractivity contribution in [2.24, 2.45) is 0 Å². The summed E-state index contributed by atoms with van der Waals surface area (Å²) in [6.07, 6.45) is 0. The van der Waals surface area contributed by atoms with Gasteiger partial charge >= 0.3 is 5.69 Å². The van der Waals surface area contributed by atoms with Crippen molar-refractivity contribution in [3.8, 4) is 11.3 Å². The first-order valence-corrected chi connectivity index (χ1v) is 5.35. The Morgan fingerprint density at radius 1 is 1.25 bits per heavy atom. The summed E-state index contributed by atoms with van der Waals surface area (Å²) in [5, 5.41) is 1.07. The quantitative estimate of drug-likeness (QED) is 0.851. The molecule has 0 aliphatic heterocycles. The van der Waals surface area contributed by atoms with E-state index in [4.69, 9.17) is 23.2 Å². The van der Waals surface area contributed by atoms with Crippen LogP contribution in [0.2, 0.25) is 10.0 Å². The zero-order valence-corrected chi connectivity index (χ0v) is 9.93. The van der Waals surface area contributed by atoms with Crippen LogP contribution in [0.1, 0.15) is 5.69 Å². The Morgan fingerprint density at radius 2 is 2.00 bits per heavy atom. The highest BCUT2D eigenvalue weighted by Gasteiger charge is 2.07. The summed E-state index contributed by atoms with van der Waals surface area (Å²) in [6, 6.07) is 6.80. The van der Waals surface area contributed by atoms with E-state index in [-0.39, 0.29) is 0 Å². The molecule has 1 aromatic heterocycles. The van der Waals surface area contributed by atoms with Gasteiger partial charge in [-0.2, -0.15) is 4.98 Å². The lowest BCUT2D eigenvalue weighted by molar-refractivity contribution is 1.03. The van der Waals surface area contributed by atoms with E-state index in [1.54, 1.807) is 31.2 Å². The molecular formula is C11H8Cl2N2O. The average molecular weight is 255 g/mol. The number of hydrogen-bond acceptors (Lipinski definition) is 2. The number of benzene rings is 1. The van der Waals surface area contributed by atoms with Crippen molar-refractivity contribution in [1.82, 2.24) is 9.97 Å². The van der Waals surface area contributed by atoms with E-state index in [1.165, 1.54) is 0 Å². The van der Waals surface area contributed by atoms with Crippen molar-refractivity contribution in [1.29, 1.82) is 0 Å². The number of aromatic nitrogens is 2. The number of hydrogen-bond donors (Lipinski definition) is 1. The molecule has 0 aliphatic carbocycles. The van der Waals surface area contributed by atoms with E-state index in [1.807, 2.05) is 0 Å². The average Bonchev–Trinajstić information content (AvgIpc) is 2.20. The number of nitrogens with one attached hydrogen (secondary N) is 1. The predicted octanol–water partition coefficient (Wildman–Crippen LogP) is 3.05. The van der Waals surface area contributed by atoms with Crippen LogP contribution in [0.5, 0.6) is 0 Å². The van der Waals surface area contributed by atoms with Gasteiger partial charge in [0.1, 0.15) is 0 Å². The molecule has 1 heterocycles. The molecule has 0 atom stereocenters. The molecular weight excluding hydrogens is 247 g/mol. The Hall–Kier alpha value is -1.32. The molecule has 0 amide bonds. The fourth-order valence-electron chi connectivity index (χ4n) is 1.41. The van der Waals surface area contributed by atoms with Crippen molar-refractivity contribution < 1.29 is 0 Å². The maximum atomic E-state index is 11.2. The van der Waals surface area contributed by atoms with Crippen LogP contribution >= 0.6 is 23.2 Å². The predicted molar refractivity (Wildman–Crippen MR) is 65.1 cm³/mol.